The van der Waals surface area contributed by atoms with Crippen LogP contribution in [0.5, 0.6) is 11.5 Å². The smallest absolute Gasteiger partial charge is 0.337 e. The van der Waals surface area contributed by atoms with E-state index in [0.717, 1.165) is 16.7 Å². The van der Waals surface area contributed by atoms with Crippen molar-refractivity contribution in [3.63, 3.8) is 0 Å². The van der Waals surface area contributed by atoms with E-state index < -0.39 is 53.8 Å². The minimum Gasteiger partial charge on any atom is -0.462 e. The maximum Gasteiger partial charge on any atom is 0.337 e. The van der Waals surface area contributed by atoms with Crippen LogP contribution in [0.1, 0.15) is 16.7 Å². The number of carbonyl (C=O) groups excluding carboxylic acids is 1. The zero-order valence-electron chi connectivity index (χ0n) is 26.8. The predicted molar refractivity (Wildman–Crippen MR) is 181 cm³/mol. The van der Waals surface area contributed by atoms with Crippen LogP contribution in [0.15, 0.2) is 146 Å². The van der Waals surface area contributed by atoms with Gasteiger partial charge in [0.15, 0.2) is 0 Å². The van der Waals surface area contributed by atoms with Gasteiger partial charge in [-0.05, 0) is 41.0 Å². The van der Waals surface area contributed by atoms with Crippen LogP contribution in [-0.2, 0) is 24.6 Å². The average Bonchev–Trinajstić information content (AvgIpc) is 3.15. The highest BCUT2D eigenvalue weighted by Gasteiger charge is 2.48. The number of para-hydroxylation sites is 1. The van der Waals surface area contributed by atoms with E-state index >= 15 is 0 Å². The van der Waals surface area contributed by atoms with Crippen molar-refractivity contribution in [2.45, 2.75) is 36.3 Å². The van der Waals surface area contributed by atoms with Gasteiger partial charge >= 0.3 is 5.97 Å². The normalized spacial score (nSPS) is 20.5. The summed E-state index contributed by atoms with van der Waals surface area (Å²) in [6, 6.07) is 42.5. The van der Waals surface area contributed by atoms with Crippen molar-refractivity contribution in [3.8, 4) is 11.5 Å². The molecule has 6 rings (SSSR count). The summed E-state index contributed by atoms with van der Waals surface area (Å²) in [4.78, 5) is 23.3. The topological polar surface area (TPSA) is 147 Å². The third-order valence-electron chi connectivity index (χ3n) is 8.32. The van der Waals surface area contributed by atoms with Crippen molar-refractivity contribution < 1.29 is 43.6 Å². The minimum absolute atomic E-state index is 0.152. The quantitative estimate of drug-likeness (QED) is 0.0545. The van der Waals surface area contributed by atoms with Gasteiger partial charge in [0.1, 0.15) is 48.1 Å². The second kappa shape index (κ2) is 15.9. The molecule has 1 heterocycles. The number of nitro groups is 1. The Labute approximate surface area is 288 Å². The molecule has 0 unspecified atom stereocenters. The van der Waals surface area contributed by atoms with E-state index in [0.29, 0.717) is 5.75 Å². The number of benzene rings is 5. The number of nitrogens with zero attached hydrogens (tertiary/aromatic N) is 1. The molecule has 0 radical (unpaired) electrons. The SMILES string of the molecule is O=C(CO[C@@H]1[C@H](O)[C@@H](Oc2ccc([N+](=O)[O-])cc2)O[C@H](COC(c2ccccc2)(c2ccccc2)c2ccccc2)[C@H]1O)Oc1ccccc1. The molecule has 0 aliphatic carbocycles. The molecule has 2 N–H and O–H groups in total. The lowest BCUT2D eigenvalue weighted by Crippen LogP contribution is -2.61. The molecule has 5 aromatic carbocycles. The number of non-ortho nitro benzene ring substituents is 1. The van der Waals surface area contributed by atoms with Crippen LogP contribution in [0.2, 0.25) is 0 Å². The summed E-state index contributed by atoms with van der Waals surface area (Å²) < 4.78 is 30.1. The highest BCUT2D eigenvalue weighted by Crippen LogP contribution is 2.41. The van der Waals surface area contributed by atoms with Crippen LogP contribution >= 0.6 is 0 Å². The first-order chi connectivity index (χ1) is 24.3. The monoisotopic (exact) mass is 677 g/mol. The van der Waals surface area contributed by atoms with Gasteiger partial charge < -0.3 is 33.9 Å². The van der Waals surface area contributed by atoms with Crippen molar-refractivity contribution in [3.05, 3.63) is 172 Å². The van der Waals surface area contributed by atoms with Gasteiger partial charge in [-0.2, -0.15) is 0 Å². The van der Waals surface area contributed by atoms with E-state index in [2.05, 4.69) is 0 Å². The van der Waals surface area contributed by atoms with Gasteiger partial charge in [-0.15, -0.1) is 0 Å². The molecule has 1 fully saturated rings. The Kier molecular flexibility index (Phi) is 10.9. The Hall–Kier alpha value is -5.43. The van der Waals surface area contributed by atoms with Crippen molar-refractivity contribution in [2.24, 2.45) is 0 Å². The Morgan fingerprint density at radius 3 is 1.70 bits per heavy atom. The molecular weight excluding hydrogens is 642 g/mol. The van der Waals surface area contributed by atoms with E-state index in [9.17, 15) is 25.1 Å². The van der Waals surface area contributed by atoms with Crippen LogP contribution < -0.4 is 9.47 Å². The fourth-order valence-electron chi connectivity index (χ4n) is 5.90. The Bertz CT molecular complexity index is 1730. The number of nitro benzene ring substituents is 1. The first kappa shape index (κ1) is 34.4. The Balaban J connectivity index is 1.30. The predicted octanol–water partition coefficient (Wildman–Crippen LogP) is 5.42. The fraction of sp³-hybridized carbons (Fsp3) is 0.205. The summed E-state index contributed by atoms with van der Waals surface area (Å²) in [6.07, 6.45) is -7.05. The zero-order valence-corrected chi connectivity index (χ0v) is 26.8. The molecular formula is C39H35NO10. The molecule has 5 aromatic rings. The van der Waals surface area contributed by atoms with Gasteiger partial charge in [0.2, 0.25) is 6.29 Å². The van der Waals surface area contributed by atoms with Crippen molar-refractivity contribution in [2.75, 3.05) is 13.2 Å². The molecule has 256 valence electrons. The second-order valence-electron chi connectivity index (χ2n) is 11.5. The lowest BCUT2D eigenvalue weighted by molar-refractivity contribution is -0.384. The van der Waals surface area contributed by atoms with Crippen LogP contribution in [-0.4, -0.2) is 65.0 Å². The number of hydrogen-bond donors (Lipinski definition) is 2. The van der Waals surface area contributed by atoms with Gasteiger partial charge in [0.25, 0.3) is 5.69 Å². The highest BCUT2D eigenvalue weighted by atomic mass is 16.7. The fourth-order valence-corrected chi connectivity index (χ4v) is 5.90. The summed E-state index contributed by atoms with van der Waals surface area (Å²) in [5, 5.41) is 34.2. The largest absolute Gasteiger partial charge is 0.462 e. The third-order valence-corrected chi connectivity index (χ3v) is 8.32. The molecule has 0 saturated carbocycles. The van der Waals surface area contributed by atoms with Crippen LogP contribution in [0.4, 0.5) is 5.69 Å². The number of carbonyl (C=O) groups is 1. The van der Waals surface area contributed by atoms with Crippen LogP contribution in [0, 0.1) is 10.1 Å². The molecule has 0 bridgehead atoms. The van der Waals surface area contributed by atoms with E-state index in [4.69, 9.17) is 23.7 Å². The third kappa shape index (κ3) is 7.73. The van der Waals surface area contributed by atoms with Crippen molar-refractivity contribution in [1.29, 1.82) is 0 Å². The van der Waals surface area contributed by atoms with Gasteiger partial charge in [-0.1, -0.05) is 109 Å². The Morgan fingerprint density at radius 1 is 0.700 bits per heavy atom. The maximum atomic E-state index is 12.7. The molecule has 11 nitrogen and oxygen atoms in total. The molecule has 1 aliphatic rings. The summed E-state index contributed by atoms with van der Waals surface area (Å²) in [7, 11) is 0. The molecule has 5 atom stereocenters. The molecule has 1 aliphatic heterocycles. The standard InChI is InChI=1S/C39H35NO10/c41-34(48-31-19-11-4-12-20-31)26-46-37-35(42)33(50-38(36(37)43)49-32-23-21-30(22-24-32)40(44)45)25-47-39(27-13-5-1-6-14-27,28-15-7-2-8-16-28)29-17-9-3-10-18-29/h1-24,33,35-38,42-43H,25-26H2/t33-,35-,36+,37+,38+/m1/s1. The molecule has 1 saturated heterocycles. The second-order valence-corrected chi connectivity index (χ2v) is 11.5. The molecule has 11 heteroatoms. The van der Waals surface area contributed by atoms with Gasteiger partial charge in [0.05, 0.1) is 11.5 Å². The number of rotatable bonds is 13. The van der Waals surface area contributed by atoms with Crippen molar-refractivity contribution >= 4 is 11.7 Å². The Morgan fingerprint density at radius 2 is 1.20 bits per heavy atom. The van der Waals surface area contributed by atoms with Gasteiger partial charge in [-0.25, -0.2) is 4.79 Å². The highest BCUT2D eigenvalue weighted by molar-refractivity contribution is 5.73. The molecule has 0 aromatic heterocycles. The number of hydrogen-bond acceptors (Lipinski definition) is 10. The van der Waals surface area contributed by atoms with Crippen LogP contribution in [0.3, 0.4) is 0 Å². The lowest BCUT2D eigenvalue weighted by atomic mass is 9.80. The molecule has 50 heavy (non-hydrogen) atoms. The lowest BCUT2D eigenvalue weighted by Gasteiger charge is -2.43. The van der Waals surface area contributed by atoms with E-state index in [-0.39, 0.29) is 18.0 Å². The van der Waals surface area contributed by atoms with Crippen LogP contribution in [0.25, 0.3) is 0 Å². The first-order valence-corrected chi connectivity index (χ1v) is 16.0. The number of aliphatic hydroxyl groups excluding tert-OH is 2. The van der Waals surface area contributed by atoms with E-state index in [1.54, 1.807) is 30.3 Å². The maximum absolute atomic E-state index is 12.7. The van der Waals surface area contributed by atoms with Crippen molar-refractivity contribution in [1.82, 2.24) is 0 Å². The summed E-state index contributed by atoms with van der Waals surface area (Å²) in [6.45, 7) is -0.825. The first-order valence-electron chi connectivity index (χ1n) is 16.0. The number of esters is 1. The molecule has 0 spiro atoms. The number of ether oxygens (including phenoxy) is 5. The van der Waals surface area contributed by atoms with E-state index in [1.165, 1.54) is 24.3 Å². The minimum atomic E-state index is -1.59. The average molecular weight is 678 g/mol. The van der Waals surface area contributed by atoms with E-state index in [1.807, 2.05) is 91.0 Å². The molecule has 0 amide bonds. The van der Waals surface area contributed by atoms with Gasteiger partial charge in [-0.3, -0.25) is 10.1 Å². The zero-order chi connectivity index (χ0) is 34.9. The number of aliphatic hydroxyl groups is 2. The van der Waals surface area contributed by atoms with Gasteiger partial charge in [0, 0.05) is 12.1 Å². The summed E-state index contributed by atoms with van der Waals surface area (Å²) in [5.41, 5.74) is 1.14. The summed E-state index contributed by atoms with van der Waals surface area (Å²) >= 11 is 0. The summed E-state index contributed by atoms with van der Waals surface area (Å²) in [5.74, 6) is -0.289.